The second kappa shape index (κ2) is 6.12. The predicted octanol–water partition coefficient (Wildman–Crippen LogP) is 6.10. The summed E-state index contributed by atoms with van der Waals surface area (Å²) < 4.78 is 0. The summed E-state index contributed by atoms with van der Waals surface area (Å²) in [4.78, 5) is 11.1. The lowest BCUT2D eigenvalue weighted by Gasteiger charge is -2.42. The first-order valence-corrected chi connectivity index (χ1v) is 9.21. The quantitative estimate of drug-likeness (QED) is 0.726. The molecule has 1 N–H and O–H groups in total. The van der Waals surface area contributed by atoms with Crippen molar-refractivity contribution in [2.75, 3.05) is 0 Å². The standard InChI is InChI=1S/C24H28O2/c1-15-13-20-21(24(5,6)12-11-23(20,3)4)14-19(15)16(2)17-7-9-18(10-8-17)22(25)26/h7-10,13-14H,2,11-12H2,1,3-6H3,(H,25,26)/i1+2. The summed E-state index contributed by atoms with van der Waals surface area (Å²) in [7, 11) is 0. The number of carboxylic acids is 1. The maximum atomic E-state index is 11.1. The molecular formula is C24H28O2. The van der Waals surface area contributed by atoms with E-state index in [-0.39, 0.29) is 10.8 Å². The van der Waals surface area contributed by atoms with Gasteiger partial charge >= 0.3 is 5.97 Å². The Balaban J connectivity index is 2.09. The van der Waals surface area contributed by atoms with Gasteiger partial charge < -0.3 is 5.11 Å². The van der Waals surface area contributed by atoms with Crippen LogP contribution in [0.25, 0.3) is 5.57 Å². The normalized spacial score (nSPS) is 17.4. The van der Waals surface area contributed by atoms with Crippen LogP contribution in [0.1, 0.15) is 78.7 Å². The zero-order chi connectivity index (χ0) is 19.3. The van der Waals surface area contributed by atoms with Crippen molar-refractivity contribution in [3.8, 4) is 0 Å². The van der Waals surface area contributed by atoms with Crippen LogP contribution in [-0.4, -0.2) is 11.1 Å². The van der Waals surface area contributed by atoms with Crippen LogP contribution in [0.15, 0.2) is 43.0 Å². The molecular weight excluding hydrogens is 322 g/mol. The van der Waals surface area contributed by atoms with Crippen molar-refractivity contribution in [2.24, 2.45) is 0 Å². The van der Waals surface area contributed by atoms with Crippen molar-refractivity contribution in [1.29, 1.82) is 0 Å². The van der Waals surface area contributed by atoms with E-state index in [9.17, 15) is 4.79 Å². The average molecular weight is 350 g/mol. The third-order valence-electron chi connectivity index (χ3n) is 6.00. The Kier molecular flexibility index (Phi) is 4.34. The van der Waals surface area contributed by atoms with Gasteiger partial charge in [-0.1, -0.05) is 58.5 Å². The first kappa shape index (κ1) is 18.4. The lowest BCUT2D eigenvalue weighted by atomic mass is 9.62. The van der Waals surface area contributed by atoms with Crippen LogP contribution >= 0.6 is 0 Å². The fourth-order valence-corrected chi connectivity index (χ4v) is 4.02. The first-order chi connectivity index (χ1) is 12.0. The Morgan fingerprint density at radius 2 is 1.42 bits per heavy atom. The maximum absolute atomic E-state index is 11.1. The summed E-state index contributed by atoms with van der Waals surface area (Å²) in [6.45, 7) is 15.8. The maximum Gasteiger partial charge on any atom is 0.335 e. The van der Waals surface area contributed by atoms with E-state index in [0.717, 1.165) is 16.7 Å². The van der Waals surface area contributed by atoms with Crippen molar-refractivity contribution in [1.82, 2.24) is 0 Å². The van der Waals surface area contributed by atoms with Crippen LogP contribution in [0.4, 0.5) is 0 Å². The van der Waals surface area contributed by atoms with E-state index >= 15 is 0 Å². The number of carboxylic acid groups (broad SMARTS) is 1. The molecule has 136 valence electrons. The van der Waals surface area contributed by atoms with E-state index in [1.54, 1.807) is 12.1 Å². The monoisotopic (exact) mass is 350 g/mol. The van der Waals surface area contributed by atoms with Crippen LogP contribution in [-0.2, 0) is 10.8 Å². The van der Waals surface area contributed by atoms with Gasteiger partial charge in [0, 0.05) is 0 Å². The van der Waals surface area contributed by atoms with Gasteiger partial charge in [0.2, 0.25) is 0 Å². The minimum absolute atomic E-state index is 0.154. The highest BCUT2D eigenvalue weighted by Crippen LogP contribution is 2.47. The van der Waals surface area contributed by atoms with E-state index < -0.39 is 5.97 Å². The smallest absolute Gasteiger partial charge is 0.335 e. The van der Waals surface area contributed by atoms with Crippen LogP contribution in [0.3, 0.4) is 0 Å². The van der Waals surface area contributed by atoms with E-state index in [1.165, 1.54) is 29.5 Å². The molecule has 0 aromatic heterocycles. The molecule has 1 aliphatic rings. The zero-order valence-corrected chi connectivity index (χ0v) is 16.4. The zero-order valence-electron chi connectivity index (χ0n) is 16.4. The Labute approximate surface area is 156 Å². The second-order valence-corrected chi connectivity index (χ2v) is 8.84. The van der Waals surface area contributed by atoms with Gasteiger partial charge in [-0.2, -0.15) is 0 Å². The number of fused-ring (bicyclic) bond motifs is 1. The van der Waals surface area contributed by atoms with E-state index in [0.29, 0.717) is 5.56 Å². The number of aromatic carboxylic acids is 1. The SMILES string of the molecule is C=C(c1ccc(C(=O)O)cc1)c1cc2c(cc1[14CH3])C(C)(C)CCC2(C)C. The van der Waals surface area contributed by atoms with Crippen molar-refractivity contribution < 1.29 is 9.90 Å². The van der Waals surface area contributed by atoms with Gasteiger partial charge in [0.05, 0.1) is 5.56 Å². The molecule has 0 spiro atoms. The van der Waals surface area contributed by atoms with E-state index in [1.807, 2.05) is 12.1 Å². The summed E-state index contributed by atoms with van der Waals surface area (Å²) >= 11 is 0. The Morgan fingerprint density at radius 1 is 0.962 bits per heavy atom. The lowest BCUT2D eigenvalue weighted by molar-refractivity contribution is 0.0697. The number of benzene rings is 2. The van der Waals surface area contributed by atoms with Crippen molar-refractivity contribution in [2.45, 2.75) is 58.3 Å². The molecule has 0 amide bonds. The van der Waals surface area contributed by atoms with Gasteiger partial charge in [-0.25, -0.2) is 4.79 Å². The van der Waals surface area contributed by atoms with Gasteiger partial charge in [-0.3, -0.25) is 0 Å². The molecule has 3 rings (SSSR count). The number of hydrogen-bond acceptors (Lipinski definition) is 1. The highest BCUT2D eigenvalue weighted by atomic mass is 16.4. The van der Waals surface area contributed by atoms with E-state index in [2.05, 4.69) is 53.3 Å². The molecule has 26 heavy (non-hydrogen) atoms. The Morgan fingerprint density at radius 3 is 1.92 bits per heavy atom. The third kappa shape index (κ3) is 3.09. The number of aryl methyl sites for hydroxylation is 1. The highest BCUT2D eigenvalue weighted by Gasteiger charge is 2.37. The molecule has 2 heteroatoms. The molecule has 0 radical (unpaired) electrons. The second-order valence-electron chi connectivity index (χ2n) is 8.84. The van der Waals surface area contributed by atoms with Gasteiger partial charge in [-0.05, 0) is 76.1 Å². The summed E-state index contributed by atoms with van der Waals surface area (Å²) in [5.41, 5.74) is 7.79. The minimum Gasteiger partial charge on any atom is -0.478 e. The molecule has 0 bridgehead atoms. The number of carbonyl (C=O) groups is 1. The fourth-order valence-electron chi connectivity index (χ4n) is 4.02. The summed E-state index contributed by atoms with van der Waals surface area (Å²) in [5, 5.41) is 9.09. The van der Waals surface area contributed by atoms with Crippen LogP contribution < -0.4 is 0 Å². The Hall–Kier alpha value is -2.35. The first-order valence-electron chi connectivity index (χ1n) is 9.21. The molecule has 0 saturated carbocycles. The number of rotatable bonds is 3. The molecule has 2 aromatic rings. The molecule has 2 nitrogen and oxygen atoms in total. The molecule has 2 aromatic carbocycles. The Bertz CT molecular complexity index is 883. The van der Waals surface area contributed by atoms with Gasteiger partial charge in [0.1, 0.15) is 0 Å². The number of hydrogen-bond donors (Lipinski definition) is 1. The van der Waals surface area contributed by atoms with Crippen molar-refractivity contribution in [3.05, 3.63) is 76.4 Å². The molecule has 0 unspecified atom stereocenters. The molecule has 0 atom stereocenters. The fraction of sp³-hybridized carbons (Fsp3) is 0.375. The van der Waals surface area contributed by atoms with Crippen molar-refractivity contribution in [3.63, 3.8) is 0 Å². The summed E-state index contributed by atoms with van der Waals surface area (Å²) in [5.74, 6) is -0.906. The molecule has 0 aliphatic heterocycles. The molecule has 0 heterocycles. The average Bonchev–Trinajstić information content (AvgIpc) is 2.58. The van der Waals surface area contributed by atoms with Gasteiger partial charge in [-0.15, -0.1) is 0 Å². The van der Waals surface area contributed by atoms with Gasteiger partial charge in [0.15, 0.2) is 0 Å². The van der Waals surface area contributed by atoms with Crippen LogP contribution in [0.5, 0.6) is 0 Å². The van der Waals surface area contributed by atoms with Crippen LogP contribution in [0.2, 0.25) is 0 Å². The largest absolute Gasteiger partial charge is 0.478 e. The lowest BCUT2D eigenvalue weighted by Crippen LogP contribution is -2.34. The summed E-state index contributed by atoms with van der Waals surface area (Å²) in [6, 6.07) is 11.6. The third-order valence-corrected chi connectivity index (χ3v) is 6.00. The van der Waals surface area contributed by atoms with E-state index in [4.69, 9.17) is 5.11 Å². The molecule has 0 saturated heterocycles. The van der Waals surface area contributed by atoms with Gasteiger partial charge in [0.25, 0.3) is 0 Å². The molecule has 0 fully saturated rings. The highest BCUT2D eigenvalue weighted by molar-refractivity contribution is 5.89. The molecule has 1 aliphatic carbocycles. The minimum atomic E-state index is -0.906. The predicted molar refractivity (Wildman–Crippen MR) is 108 cm³/mol. The van der Waals surface area contributed by atoms with Crippen molar-refractivity contribution >= 4 is 11.5 Å². The van der Waals surface area contributed by atoms with Crippen LogP contribution in [0, 0.1) is 6.92 Å². The summed E-state index contributed by atoms with van der Waals surface area (Å²) in [6.07, 6.45) is 2.37. The topological polar surface area (TPSA) is 37.3 Å².